The van der Waals surface area contributed by atoms with E-state index < -0.39 is 33.6 Å². The number of nitrogens with one attached hydrogen (secondary N) is 1. The van der Waals surface area contributed by atoms with Crippen LogP contribution in [0.5, 0.6) is 0 Å². The number of aryl methyl sites for hydroxylation is 1. The molecular formula is C11H14FNO4S. The van der Waals surface area contributed by atoms with Gasteiger partial charge in [-0.1, -0.05) is 12.1 Å². The van der Waals surface area contributed by atoms with E-state index in [-0.39, 0.29) is 0 Å². The van der Waals surface area contributed by atoms with Crippen LogP contribution in [-0.4, -0.2) is 25.2 Å². The van der Waals surface area contributed by atoms with Gasteiger partial charge in [0.1, 0.15) is 5.82 Å². The van der Waals surface area contributed by atoms with Crippen molar-refractivity contribution in [3.63, 3.8) is 0 Å². The number of carboxylic acid groups (broad SMARTS) is 1. The van der Waals surface area contributed by atoms with Crippen molar-refractivity contribution in [2.45, 2.75) is 19.9 Å². The fourth-order valence-corrected chi connectivity index (χ4v) is 2.50. The van der Waals surface area contributed by atoms with Crippen molar-refractivity contribution in [2.24, 2.45) is 0 Å². The van der Waals surface area contributed by atoms with Gasteiger partial charge in [-0.05, 0) is 31.0 Å². The number of rotatable bonds is 5. The van der Waals surface area contributed by atoms with E-state index in [1.807, 2.05) is 0 Å². The van der Waals surface area contributed by atoms with Gasteiger partial charge >= 0.3 is 5.97 Å². The largest absolute Gasteiger partial charge is 0.480 e. The molecule has 0 fully saturated rings. The van der Waals surface area contributed by atoms with E-state index in [1.165, 1.54) is 19.1 Å². The van der Waals surface area contributed by atoms with Crippen molar-refractivity contribution in [3.8, 4) is 0 Å². The lowest BCUT2D eigenvalue weighted by molar-refractivity contribution is -0.134. The van der Waals surface area contributed by atoms with E-state index in [0.717, 1.165) is 0 Å². The maximum absolute atomic E-state index is 13.3. The summed E-state index contributed by atoms with van der Waals surface area (Å²) in [6.45, 7) is 3.11. The summed E-state index contributed by atoms with van der Waals surface area (Å²) in [5.41, 5.74) is 0.895. The van der Waals surface area contributed by atoms with Crippen LogP contribution < -0.4 is 4.72 Å². The molecule has 0 aliphatic rings. The minimum atomic E-state index is -3.92. The van der Waals surface area contributed by atoms with Crippen LogP contribution >= 0.6 is 0 Å². The number of hydrogen-bond acceptors (Lipinski definition) is 3. The zero-order valence-electron chi connectivity index (χ0n) is 9.97. The fraction of sp³-hybridized carbons (Fsp3) is 0.364. The van der Waals surface area contributed by atoms with E-state index in [9.17, 15) is 17.6 Å². The van der Waals surface area contributed by atoms with Gasteiger partial charge in [-0.2, -0.15) is 0 Å². The maximum atomic E-state index is 13.3. The van der Waals surface area contributed by atoms with Crippen LogP contribution in [0, 0.1) is 12.7 Å². The molecule has 1 aromatic carbocycles. The van der Waals surface area contributed by atoms with Gasteiger partial charge in [0.2, 0.25) is 10.0 Å². The average Bonchev–Trinajstić information content (AvgIpc) is 2.19. The molecule has 1 rings (SSSR count). The lowest BCUT2D eigenvalue weighted by atomic mass is 10.1. The number of benzene rings is 1. The topological polar surface area (TPSA) is 83.5 Å². The lowest BCUT2D eigenvalue weighted by Gasteiger charge is -2.14. The van der Waals surface area contributed by atoms with Gasteiger partial charge in [0, 0.05) is 6.04 Å². The van der Waals surface area contributed by atoms with Crippen molar-refractivity contribution < 1.29 is 22.7 Å². The van der Waals surface area contributed by atoms with Crippen molar-refractivity contribution in [1.82, 2.24) is 4.72 Å². The summed E-state index contributed by atoms with van der Waals surface area (Å²) in [4.78, 5) is 10.4. The smallest absolute Gasteiger partial charge is 0.320 e. The van der Waals surface area contributed by atoms with E-state index >= 15 is 0 Å². The molecule has 5 nitrogen and oxygen atoms in total. The summed E-state index contributed by atoms with van der Waals surface area (Å²) in [7, 11) is -3.92. The molecule has 2 N–H and O–H groups in total. The minimum Gasteiger partial charge on any atom is -0.480 e. The van der Waals surface area contributed by atoms with Crippen molar-refractivity contribution >= 4 is 16.0 Å². The van der Waals surface area contributed by atoms with E-state index in [2.05, 4.69) is 4.72 Å². The molecule has 1 unspecified atom stereocenters. The molecule has 0 aromatic heterocycles. The van der Waals surface area contributed by atoms with Crippen LogP contribution in [0.3, 0.4) is 0 Å². The van der Waals surface area contributed by atoms with Gasteiger partial charge < -0.3 is 5.11 Å². The van der Waals surface area contributed by atoms with Crippen LogP contribution in [0.25, 0.3) is 0 Å². The highest BCUT2D eigenvalue weighted by Gasteiger charge is 2.19. The summed E-state index contributed by atoms with van der Waals surface area (Å²) >= 11 is 0. The van der Waals surface area contributed by atoms with Gasteiger partial charge in [0.25, 0.3) is 0 Å². The predicted molar refractivity (Wildman–Crippen MR) is 64.1 cm³/mol. The molecule has 0 spiro atoms. The maximum Gasteiger partial charge on any atom is 0.320 e. The first-order chi connectivity index (χ1) is 8.21. The van der Waals surface area contributed by atoms with Gasteiger partial charge in [-0.25, -0.2) is 17.5 Å². The SMILES string of the molecule is Cc1ccc(C(C)NS(=O)(=O)CC(=O)O)cc1F. The highest BCUT2D eigenvalue weighted by molar-refractivity contribution is 7.90. The molecular weight excluding hydrogens is 261 g/mol. The minimum absolute atomic E-state index is 0.434. The molecule has 0 amide bonds. The standard InChI is InChI=1S/C11H14FNO4S/c1-7-3-4-9(5-10(7)12)8(2)13-18(16,17)6-11(14)15/h3-5,8,13H,6H2,1-2H3,(H,14,15). The Morgan fingerprint density at radius 2 is 2.11 bits per heavy atom. The third-order valence-electron chi connectivity index (χ3n) is 2.37. The summed E-state index contributed by atoms with van der Waals surface area (Å²) in [5, 5.41) is 8.43. The molecule has 18 heavy (non-hydrogen) atoms. The second kappa shape index (κ2) is 5.45. The highest BCUT2D eigenvalue weighted by Crippen LogP contribution is 2.17. The molecule has 0 heterocycles. The quantitative estimate of drug-likeness (QED) is 0.845. The number of carbonyl (C=O) groups is 1. The van der Waals surface area contributed by atoms with Crippen LogP contribution in [0.15, 0.2) is 18.2 Å². The number of sulfonamides is 1. The number of hydrogen-bond donors (Lipinski definition) is 2. The molecule has 0 radical (unpaired) electrons. The Bertz CT molecular complexity index is 556. The summed E-state index contributed by atoms with van der Waals surface area (Å²) < 4.78 is 38.3. The normalized spacial score (nSPS) is 13.3. The van der Waals surface area contributed by atoms with Gasteiger partial charge in [0.15, 0.2) is 5.75 Å². The predicted octanol–water partition coefficient (Wildman–Crippen LogP) is 1.20. The molecule has 0 bridgehead atoms. The number of aliphatic carboxylic acids is 1. The third-order valence-corrected chi connectivity index (χ3v) is 3.71. The molecule has 0 saturated carbocycles. The third kappa shape index (κ3) is 4.08. The van der Waals surface area contributed by atoms with E-state index in [0.29, 0.717) is 11.1 Å². The zero-order chi connectivity index (χ0) is 13.9. The summed E-state index contributed by atoms with van der Waals surface area (Å²) in [6.07, 6.45) is 0. The highest BCUT2D eigenvalue weighted by atomic mass is 32.2. The Morgan fingerprint density at radius 1 is 1.50 bits per heavy atom. The first-order valence-corrected chi connectivity index (χ1v) is 6.84. The molecule has 1 atom stereocenters. The molecule has 0 saturated heterocycles. The Hall–Kier alpha value is -1.47. The van der Waals surface area contributed by atoms with Gasteiger partial charge in [-0.15, -0.1) is 0 Å². The molecule has 100 valence electrons. The lowest BCUT2D eigenvalue weighted by Crippen LogP contribution is -2.32. The van der Waals surface area contributed by atoms with Gasteiger partial charge in [-0.3, -0.25) is 4.79 Å². The van der Waals surface area contributed by atoms with Crippen LogP contribution in [0.4, 0.5) is 4.39 Å². The Balaban J connectivity index is 2.85. The van der Waals surface area contributed by atoms with E-state index in [4.69, 9.17) is 5.11 Å². The molecule has 1 aromatic rings. The first-order valence-electron chi connectivity index (χ1n) is 5.19. The fourth-order valence-electron chi connectivity index (χ4n) is 1.42. The summed E-state index contributed by atoms with van der Waals surface area (Å²) in [6, 6.07) is 3.66. The second-order valence-corrected chi connectivity index (χ2v) is 5.75. The van der Waals surface area contributed by atoms with E-state index in [1.54, 1.807) is 13.0 Å². The van der Waals surface area contributed by atoms with Crippen LogP contribution in [0.2, 0.25) is 0 Å². The monoisotopic (exact) mass is 275 g/mol. The van der Waals surface area contributed by atoms with Crippen molar-refractivity contribution in [3.05, 3.63) is 35.1 Å². The Morgan fingerprint density at radius 3 is 2.61 bits per heavy atom. The van der Waals surface area contributed by atoms with Crippen LogP contribution in [-0.2, 0) is 14.8 Å². The molecule has 7 heteroatoms. The van der Waals surface area contributed by atoms with Gasteiger partial charge in [0.05, 0.1) is 0 Å². The molecule has 0 aliphatic heterocycles. The Kier molecular flexibility index (Phi) is 4.42. The Labute approximate surface area is 105 Å². The van der Waals surface area contributed by atoms with Crippen LogP contribution in [0.1, 0.15) is 24.1 Å². The number of halogens is 1. The second-order valence-electron chi connectivity index (χ2n) is 4.00. The zero-order valence-corrected chi connectivity index (χ0v) is 10.8. The summed E-state index contributed by atoms with van der Waals surface area (Å²) in [5.74, 6) is -2.88. The average molecular weight is 275 g/mol. The van der Waals surface area contributed by atoms with Crippen molar-refractivity contribution in [1.29, 1.82) is 0 Å². The number of carboxylic acids is 1. The first kappa shape index (κ1) is 14.6. The van der Waals surface area contributed by atoms with Crippen molar-refractivity contribution in [2.75, 3.05) is 5.75 Å². The molecule has 0 aliphatic carbocycles.